The highest BCUT2D eigenvalue weighted by Crippen LogP contribution is 2.41. The Hall–Kier alpha value is -3.40. The molecule has 0 bridgehead atoms. The van der Waals surface area contributed by atoms with Crippen LogP contribution in [0, 0.1) is 0 Å². The maximum atomic E-state index is 13.5. The number of nitrogens with zero attached hydrogens (tertiary/aromatic N) is 2. The third kappa shape index (κ3) is 4.56. The predicted molar refractivity (Wildman–Crippen MR) is 116 cm³/mol. The van der Waals surface area contributed by atoms with E-state index in [1.165, 1.54) is 0 Å². The van der Waals surface area contributed by atoms with Gasteiger partial charge in [-0.05, 0) is 30.5 Å². The zero-order valence-corrected chi connectivity index (χ0v) is 17.8. The second-order valence-electron chi connectivity index (χ2n) is 8.31. The molecular formula is C23H24F2N4O4. The molecule has 2 fully saturated rings. The first-order valence-corrected chi connectivity index (χ1v) is 10.7. The van der Waals surface area contributed by atoms with Crippen LogP contribution in [0.5, 0.6) is 0 Å². The number of hydrogen-bond acceptors (Lipinski definition) is 6. The molecule has 1 aliphatic heterocycles. The Kier molecular flexibility index (Phi) is 6.11. The molecule has 0 radical (unpaired) electrons. The number of imide groups is 1. The molecule has 1 aromatic carbocycles. The second kappa shape index (κ2) is 8.86. The van der Waals surface area contributed by atoms with Crippen molar-refractivity contribution in [1.29, 1.82) is 0 Å². The van der Waals surface area contributed by atoms with E-state index in [1.54, 1.807) is 36.5 Å². The third-order valence-corrected chi connectivity index (χ3v) is 6.11. The average molecular weight is 458 g/mol. The number of alkyl halides is 2. The summed E-state index contributed by atoms with van der Waals surface area (Å²) in [4.78, 5) is 43.1. The lowest BCUT2D eigenvalue weighted by atomic mass is 9.80. The average Bonchev–Trinajstić information content (AvgIpc) is 3.04. The number of Topliss-reactive ketones (excluding diaryl/α,β-unsaturated/α-hetero) is 1. The Morgan fingerprint density at radius 3 is 2.48 bits per heavy atom. The van der Waals surface area contributed by atoms with E-state index in [4.69, 9.17) is 5.11 Å². The molecule has 1 saturated heterocycles. The van der Waals surface area contributed by atoms with Gasteiger partial charge in [0.1, 0.15) is 11.4 Å². The molecule has 1 aliphatic carbocycles. The number of rotatable bonds is 7. The molecule has 0 atom stereocenters. The quantitative estimate of drug-likeness (QED) is 0.435. The van der Waals surface area contributed by atoms with E-state index in [0.717, 1.165) is 16.0 Å². The molecular weight excluding hydrogens is 434 g/mol. The molecule has 2 aliphatic rings. The van der Waals surface area contributed by atoms with Crippen LogP contribution in [0.25, 0.3) is 11.1 Å². The standard InChI is InChI=1S/C23H24F2N4O4/c24-23(25)9-7-22(8-10-23)20(32)29(21(33)28-22)14-18(31)16-5-3-15(4-6-16)17-2-1-11-26-19(17)27-12-13-30/h1-6,11,30H,7-10,12-14H2,(H,26,27)(H,28,33). The van der Waals surface area contributed by atoms with Crippen molar-refractivity contribution < 1.29 is 28.3 Å². The van der Waals surface area contributed by atoms with Crippen LogP contribution >= 0.6 is 0 Å². The fraction of sp³-hybridized carbons (Fsp3) is 0.391. The van der Waals surface area contributed by atoms with Gasteiger partial charge in [0.15, 0.2) is 5.78 Å². The van der Waals surface area contributed by atoms with Gasteiger partial charge in [0.2, 0.25) is 5.92 Å². The summed E-state index contributed by atoms with van der Waals surface area (Å²) in [7, 11) is 0. The largest absolute Gasteiger partial charge is 0.395 e. The smallest absolute Gasteiger partial charge is 0.325 e. The summed E-state index contributed by atoms with van der Waals surface area (Å²) in [5, 5.41) is 14.6. The number of nitrogens with one attached hydrogen (secondary N) is 2. The lowest BCUT2D eigenvalue weighted by molar-refractivity contribution is -0.135. The molecule has 1 saturated carbocycles. The van der Waals surface area contributed by atoms with E-state index in [1.807, 2.05) is 6.07 Å². The zero-order chi connectivity index (χ0) is 23.6. The van der Waals surface area contributed by atoms with E-state index in [0.29, 0.717) is 17.9 Å². The van der Waals surface area contributed by atoms with Gasteiger partial charge in [-0.1, -0.05) is 24.3 Å². The van der Waals surface area contributed by atoms with Gasteiger partial charge in [0.25, 0.3) is 5.91 Å². The third-order valence-electron chi connectivity index (χ3n) is 6.11. The number of hydrogen-bond donors (Lipinski definition) is 3. The van der Waals surface area contributed by atoms with Crippen molar-refractivity contribution in [1.82, 2.24) is 15.2 Å². The number of aliphatic hydroxyl groups excluding tert-OH is 1. The highest BCUT2D eigenvalue weighted by atomic mass is 19.3. The minimum absolute atomic E-state index is 0.0457. The number of carbonyl (C=O) groups is 3. The summed E-state index contributed by atoms with van der Waals surface area (Å²) >= 11 is 0. The molecule has 3 N–H and O–H groups in total. The van der Waals surface area contributed by atoms with Crippen LogP contribution in [0.1, 0.15) is 36.0 Å². The molecule has 2 aromatic rings. The Morgan fingerprint density at radius 1 is 1.12 bits per heavy atom. The molecule has 1 spiro atoms. The molecule has 8 nitrogen and oxygen atoms in total. The van der Waals surface area contributed by atoms with Crippen LogP contribution in [0.3, 0.4) is 0 Å². The number of aromatic nitrogens is 1. The van der Waals surface area contributed by atoms with Gasteiger partial charge in [-0.2, -0.15) is 0 Å². The first-order valence-electron chi connectivity index (χ1n) is 10.7. The molecule has 4 rings (SSSR count). The molecule has 33 heavy (non-hydrogen) atoms. The summed E-state index contributed by atoms with van der Waals surface area (Å²) in [6.07, 6.45) is 0.361. The van der Waals surface area contributed by atoms with Crippen LogP contribution < -0.4 is 10.6 Å². The molecule has 1 aromatic heterocycles. The van der Waals surface area contributed by atoms with Crippen LogP contribution in [0.2, 0.25) is 0 Å². The summed E-state index contributed by atoms with van der Waals surface area (Å²) in [5.74, 6) is -3.31. The number of aliphatic hydroxyl groups is 1. The number of anilines is 1. The van der Waals surface area contributed by atoms with E-state index >= 15 is 0 Å². The van der Waals surface area contributed by atoms with Crippen molar-refractivity contribution in [3.05, 3.63) is 48.2 Å². The maximum absolute atomic E-state index is 13.5. The van der Waals surface area contributed by atoms with Crippen molar-refractivity contribution >= 4 is 23.5 Å². The minimum Gasteiger partial charge on any atom is -0.395 e. The normalized spacial score (nSPS) is 18.9. The Labute approximate surface area is 189 Å². The Bertz CT molecular complexity index is 1060. The fourth-order valence-electron chi connectivity index (χ4n) is 4.23. The topological polar surface area (TPSA) is 112 Å². The van der Waals surface area contributed by atoms with Gasteiger partial charge in [0, 0.05) is 36.7 Å². The number of amides is 3. The number of urea groups is 1. The summed E-state index contributed by atoms with van der Waals surface area (Å²) < 4.78 is 27.0. The molecule has 2 heterocycles. The van der Waals surface area contributed by atoms with Gasteiger partial charge in [-0.25, -0.2) is 18.6 Å². The lowest BCUT2D eigenvalue weighted by Gasteiger charge is -2.34. The molecule has 3 amide bonds. The van der Waals surface area contributed by atoms with E-state index in [9.17, 15) is 23.2 Å². The van der Waals surface area contributed by atoms with Crippen molar-refractivity contribution in [3.63, 3.8) is 0 Å². The summed E-state index contributed by atoms with van der Waals surface area (Å²) in [6, 6.07) is 9.53. The lowest BCUT2D eigenvalue weighted by Crippen LogP contribution is -2.51. The second-order valence-corrected chi connectivity index (χ2v) is 8.31. The van der Waals surface area contributed by atoms with Gasteiger partial charge in [-0.15, -0.1) is 0 Å². The highest BCUT2D eigenvalue weighted by molar-refractivity contribution is 6.11. The van der Waals surface area contributed by atoms with E-state index in [-0.39, 0.29) is 19.4 Å². The van der Waals surface area contributed by atoms with E-state index < -0.39 is 48.6 Å². The van der Waals surface area contributed by atoms with Crippen LogP contribution in [0.4, 0.5) is 19.4 Å². The first kappa shape index (κ1) is 22.8. The maximum Gasteiger partial charge on any atom is 0.325 e. The van der Waals surface area contributed by atoms with Crippen LogP contribution in [-0.2, 0) is 4.79 Å². The monoisotopic (exact) mass is 458 g/mol. The number of pyridine rings is 1. The number of carbonyl (C=O) groups excluding carboxylic acids is 3. The number of ketones is 1. The Balaban J connectivity index is 1.46. The zero-order valence-electron chi connectivity index (χ0n) is 17.8. The molecule has 0 unspecified atom stereocenters. The van der Waals surface area contributed by atoms with Crippen molar-refractivity contribution in [2.75, 3.05) is 25.0 Å². The van der Waals surface area contributed by atoms with Gasteiger partial charge >= 0.3 is 6.03 Å². The minimum atomic E-state index is -2.84. The summed E-state index contributed by atoms with van der Waals surface area (Å²) in [6.45, 7) is -0.167. The van der Waals surface area contributed by atoms with E-state index in [2.05, 4.69) is 15.6 Å². The Morgan fingerprint density at radius 2 is 1.82 bits per heavy atom. The van der Waals surface area contributed by atoms with Crippen molar-refractivity contribution in [2.45, 2.75) is 37.1 Å². The van der Waals surface area contributed by atoms with Crippen molar-refractivity contribution in [2.24, 2.45) is 0 Å². The van der Waals surface area contributed by atoms with Gasteiger partial charge in [-0.3, -0.25) is 14.5 Å². The number of benzene rings is 1. The van der Waals surface area contributed by atoms with Crippen LogP contribution in [-0.4, -0.2) is 63.9 Å². The van der Waals surface area contributed by atoms with Gasteiger partial charge in [0.05, 0.1) is 13.2 Å². The number of halogens is 2. The predicted octanol–water partition coefficient (Wildman–Crippen LogP) is 2.84. The van der Waals surface area contributed by atoms with Crippen molar-refractivity contribution in [3.8, 4) is 11.1 Å². The molecule has 10 heteroatoms. The highest BCUT2D eigenvalue weighted by Gasteiger charge is 2.55. The van der Waals surface area contributed by atoms with Gasteiger partial charge < -0.3 is 15.7 Å². The molecule has 174 valence electrons. The first-order chi connectivity index (χ1) is 15.7. The SMILES string of the molecule is O=C(CN1C(=O)NC2(CCC(F)(F)CC2)C1=O)c1ccc(-c2cccnc2NCCO)cc1. The van der Waals surface area contributed by atoms with Crippen LogP contribution in [0.15, 0.2) is 42.6 Å². The fourth-order valence-corrected chi connectivity index (χ4v) is 4.23. The summed E-state index contributed by atoms with van der Waals surface area (Å²) in [5.41, 5.74) is 0.540.